The lowest BCUT2D eigenvalue weighted by atomic mass is 10.1. The lowest BCUT2D eigenvalue weighted by Crippen LogP contribution is -2.42. The molecule has 6 heteroatoms. The van der Waals surface area contributed by atoms with Crippen LogP contribution in [0.3, 0.4) is 0 Å². The van der Waals surface area contributed by atoms with Crippen molar-refractivity contribution in [1.82, 2.24) is 10.3 Å². The second kappa shape index (κ2) is 5.95. The first kappa shape index (κ1) is 13.1. The quantitative estimate of drug-likeness (QED) is 0.671. The van der Waals surface area contributed by atoms with Crippen molar-refractivity contribution in [2.75, 3.05) is 0 Å². The van der Waals surface area contributed by atoms with Gasteiger partial charge in [-0.1, -0.05) is 0 Å². The molecule has 0 fully saturated rings. The number of nitrogens with two attached hydrogens (primary N) is 1. The van der Waals surface area contributed by atoms with Crippen LogP contribution in [0.25, 0.3) is 0 Å². The summed E-state index contributed by atoms with van der Waals surface area (Å²) in [6.45, 7) is 1.79. The SMILES string of the molecule is C[C@H](NC(=O)C(N)CC(=O)O)c1ccncc1. The van der Waals surface area contributed by atoms with Crippen LogP contribution >= 0.6 is 0 Å². The van der Waals surface area contributed by atoms with E-state index in [0.29, 0.717) is 0 Å². The molecule has 0 radical (unpaired) electrons. The summed E-state index contributed by atoms with van der Waals surface area (Å²) in [7, 11) is 0. The Morgan fingerprint density at radius 1 is 1.47 bits per heavy atom. The molecule has 1 heterocycles. The van der Waals surface area contributed by atoms with Crippen LogP contribution in [0.5, 0.6) is 0 Å². The predicted octanol–water partition coefficient (Wildman–Crippen LogP) is 0.0608. The van der Waals surface area contributed by atoms with Crippen molar-refractivity contribution < 1.29 is 14.7 Å². The summed E-state index contributed by atoms with van der Waals surface area (Å²) in [4.78, 5) is 25.8. The number of carboxylic acids is 1. The monoisotopic (exact) mass is 237 g/mol. The minimum Gasteiger partial charge on any atom is -0.481 e. The van der Waals surface area contributed by atoms with Gasteiger partial charge in [0.15, 0.2) is 0 Å². The molecule has 0 aliphatic rings. The summed E-state index contributed by atoms with van der Waals surface area (Å²) in [5.74, 6) is -1.57. The van der Waals surface area contributed by atoms with E-state index in [1.165, 1.54) is 0 Å². The van der Waals surface area contributed by atoms with Gasteiger partial charge in [0.25, 0.3) is 0 Å². The van der Waals surface area contributed by atoms with Gasteiger partial charge in [0, 0.05) is 12.4 Å². The van der Waals surface area contributed by atoms with Gasteiger partial charge < -0.3 is 16.2 Å². The van der Waals surface area contributed by atoms with Gasteiger partial charge in [-0.05, 0) is 24.6 Å². The molecule has 0 aliphatic heterocycles. The minimum atomic E-state index is -1.09. The van der Waals surface area contributed by atoms with Crippen LogP contribution in [-0.4, -0.2) is 28.0 Å². The smallest absolute Gasteiger partial charge is 0.305 e. The number of nitrogens with zero attached hydrogens (tertiary/aromatic N) is 1. The van der Waals surface area contributed by atoms with Crippen molar-refractivity contribution in [2.24, 2.45) is 5.73 Å². The second-order valence-corrected chi connectivity index (χ2v) is 3.72. The molecule has 1 rings (SSSR count). The first-order chi connectivity index (χ1) is 8.00. The molecule has 6 nitrogen and oxygen atoms in total. The van der Waals surface area contributed by atoms with E-state index >= 15 is 0 Å². The van der Waals surface area contributed by atoms with Gasteiger partial charge in [-0.2, -0.15) is 0 Å². The zero-order chi connectivity index (χ0) is 12.8. The van der Waals surface area contributed by atoms with Crippen LogP contribution < -0.4 is 11.1 Å². The molecule has 0 saturated heterocycles. The largest absolute Gasteiger partial charge is 0.481 e. The second-order valence-electron chi connectivity index (χ2n) is 3.72. The highest BCUT2D eigenvalue weighted by atomic mass is 16.4. The first-order valence-electron chi connectivity index (χ1n) is 5.18. The van der Waals surface area contributed by atoms with E-state index in [9.17, 15) is 9.59 Å². The fourth-order valence-electron chi connectivity index (χ4n) is 1.34. The van der Waals surface area contributed by atoms with Crippen molar-refractivity contribution >= 4 is 11.9 Å². The molecule has 0 bridgehead atoms. The average molecular weight is 237 g/mol. The lowest BCUT2D eigenvalue weighted by Gasteiger charge is -2.16. The molecule has 0 spiro atoms. The van der Waals surface area contributed by atoms with Gasteiger partial charge in [-0.3, -0.25) is 14.6 Å². The van der Waals surface area contributed by atoms with Gasteiger partial charge in [0.05, 0.1) is 18.5 Å². The third-order valence-corrected chi connectivity index (χ3v) is 2.30. The van der Waals surface area contributed by atoms with Gasteiger partial charge >= 0.3 is 5.97 Å². The number of carbonyl (C=O) groups excluding carboxylic acids is 1. The van der Waals surface area contributed by atoms with Crippen molar-refractivity contribution in [1.29, 1.82) is 0 Å². The zero-order valence-corrected chi connectivity index (χ0v) is 9.46. The van der Waals surface area contributed by atoms with E-state index in [1.807, 2.05) is 0 Å². The maximum absolute atomic E-state index is 11.5. The van der Waals surface area contributed by atoms with Crippen molar-refractivity contribution in [2.45, 2.75) is 25.4 Å². The summed E-state index contributed by atoms with van der Waals surface area (Å²) in [6, 6.07) is 2.28. The third-order valence-electron chi connectivity index (χ3n) is 2.30. The fraction of sp³-hybridized carbons (Fsp3) is 0.364. The Balaban J connectivity index is 2.54. The van der Waals surface area contributed by atoms with Crippen LogP contribution in [0.1, 0.15) is 24.9 Å². The number of aliphatic carboxylic acids is 1. The van der Waals surface area contributed by atoms with Crippen molar-refractivity contribution in [3.63, 3.8) is 0 Å². The normalized spacial score (nSPS) is 13.8. The van der Waals surface area contributed by atoms with Crippen LogP contribution in [0.2, 0.25) is 0 Å². The molecule has 0 aliphatic carbocycles. The summed E-state index contributed by atoms with van der Waals surface area (Å²) >= 11 is 0. The Morgan fingerprint density at radius 3 is 2.59 bits per heavy atom. The van der Waals surface area contributed by atoms with E-state index in [4.69, 9.17) is 10.8 Å². The topological polar surface area (TPSA) is 105 Å². The Morgan fingerprint density at radius 2 is 2.06 bits per heavy atom. The Bertz CT molecular complexity index is 394. The highest BCUT2D eigenvalue weighted by Crippen LogP contribution is 2.10. The molecule has 0 saturated carbocycles. The average Bonchev–Trinajstić information content (AvgIpc) is 2.29. The Kier molecular flexibility index (Phi) is 4.59. The maximum atomic E-state index is 11.5. The Labute approximate surface area is 98.8 Å². The minimum absolute atomic E-state index is 0.231. The third kappa shape index (κ3) is 4.20. The molecule has 92 valence electrons. The van der Waals surface area contributed by atoms with E-state index < -0.39 is 17.9 Å². The van der Waals surface area contributed by atoms with Crippen molar-refractivity contribution in [3.05, 3.63) is 30.1 Å². The lowest BCUT2D eigenvalue weighted by molar-refractivity contribution is -0.139. The van der Waals surface area contributed by atoms with Crippen LogP contribution in [0.4, 0.5) is 0 Å². The number of hydrogen-bond acceptors (Lipinski definition) is 4. The van der Waals surface area contributed by atoms with E-state index in [2.05, 4.69) is 10.3 Å². The molecular formula is C11H15N3O3. The predicted molar refractivity (Wildman–Crippen MR) is 61.0 cm³/mol. The summed E-state index contributed by atoms with van der Waals surface area (Å²) < 4.78 is 0. The van der Waals surface area contributed by atoms with Crippen LogP contribution in [0.15, 0.2) is 24.5 Å². The molecule has 1 amide bonds. The molecule has 0 aromatic carbocycles. The number of hydrogen-bond donors (Lipinski definition) is 3. The van der Waals surface area contributed by atoms with Crippen molar-refractivity contribution in [3.8, 4) is 0 Å². The summed E-state index contributed by atoms with van der Waals surface area (Å²) in [6.07, 6.45) is 2.86. The number of carbonyl (C=O) groups is 2. The number of carboxylic acid groups (broad SMARTS) is 1. The number of nitrogens with one attached hydrogen (secondary N) is 1. The molecule has 17 heavy (non-hydrogen) atoms. The van der Waals surface area contributed by atoms with Gasteiger partial charge in [-0.25, -0.2) is 0 Å². The fourth-order valence-corrected chi connectivity index (χ4v) is 1.34. The molecule has 1 aromatic heterocycles. The number of aromatic nitrogens is 1. The highest BCUT2D eigenvalue weighted by molar-refractivity contribution is 5.86. The zero-order valence-electron chi connectivity index (χ0n) is 9.46. The van der Waals surface area contributed by atoms with E-state index in [-0.39, 0.29) is 12.5 Å². The molecule has 1 unspecified atom stereocenters. The molecule has 4 N–H and O–H groups in total. The van der Waals surface area contributed by atoms with E-state index in [1.54, 1.807) is 31.5 Å². The summed E-state index contributed by atoms with van der Waals surface area (Å²) in [5, 5.41) is 11.2. The molecule has 1 aromatic rings. The highest BCUT2D eigenvalue weighted by Gasteiger charge is 2.19. The first-order valence-corrected chi connectivity index (χ1v) is 5.18. The molecular weight excluding hydrogens is 222 g/mol. The summed E-state index contributed by atoms with van der Waals surface area (Å²) in [5.41, 5.74) is 6.32. The number of pyridine rings is 1. The van der Waals surface area contributed by atoms with Gasteiger partial charge in [0.1, 0.15) is 0 Å². The van der Waals surface area contributed by atoms with Gasteiger partial charge in [0.2, 0.25) is 5.91 Å². The number of rotatable bonds is 5. The van der Waals surface area contributed by atoms with Crippen LogP contribution in [-0.2, 0) is 9.59 Å². The van der Waals surface area contributed by atoms with Gasteiger partial charge in [-0.15, -0.1) is 0 Å². The molecule has 2 atom stereocenters. The number of amides is 1. The maximum Gasteiger partial charge on any atom is 0.305 e. The Hall–Kier alpha value is -1.95. The standard InChI is InChI=1S/C11H15N3O3/c1-7(8-2-4-13-5-3-8)14-11(17)9(12)6-10(15)16/h2-5,7,9H,6,12H2,1H3,(H,14,17)(H,15,16)/t7-,9?/m0/s1. The van der Waals surface area contributed by atoms with Crippen LogP contribution in [0, 0.1) is 0 Å². The van der Waals surface area contributed by atoms with E-state index in [0.717, 1.165) is 5.56 Å².